The Morgan fingerprint density at radius 3 is 2.18 bits per heavy atom. The van der Waals surface area contributed by atoms with E-state index in [2.05, 4.69) is 5.32 Å². The van der Waals surface area contributed by atoms with Gasteiger partial charge in [0.05, 0.1) is 19.9 Å². The van der Waals surface area contributed by atoms with E-state index in [9.17, 15) is 18.0 Å². The second kappa shape index (κ2) is 13.8. The Bertz CT molecular complexity index is 1390. The number of hydrogen-bond acceptors (Lipinski definition) is 5. The molecular weight excluding hydrogens is 561 g/mol. The number of amides is 2. The lowest BCUT2D eigenvalue weighted by molar-refractivity contribution is -0.140. The molecule has 11 heteroatoms. The van der Waals surface area contributed by atoms with Gasteiger partial charge in [0.15, 0.2) is 0 Å². The fourth-order valence-electron chi connectivity index (χ4n) is 3.82. The van der Waals surface area contributed by atoms with E-state index >= 15 is 0 Å². The highest BCUT2D eigenvalue weighted by molar-refractivity contribution is 7.88. The maximum Gasteiger partial charge on any atom is 0.242 e. The molecule has 1 atom stereocenters. The van der Waals surface area contributed by atoms with Gasteiger partial charge in [-0.1, -0.05) is 71.7 Å². The van der Waals surface area contributed by atoms with Gasteiger partial charge < -0.3 is 15.0 Å². The maximum atomic E-state index is 13.6. The summed E-state index contributed by atoms with van der Waals surface area (Å²) >= 11 is 12.2. The Hall–Kier alpha value is -3.11. The number of carbonyl (C=O) groups excluding carboxylic acids is 2. The zero-order valence-corrected chi connectivity index (χ0v) is 24.3. The average Bonchev–Trinajstić information content (AvgIpc) is 2.90. The van der Waals surface area contributed by atoms with E-state index in [1.165, 1.54) is 4.90 Å². The van der Waals surface area contributed by atoms with E-state index in [1.54, 1.807) is 80.8 Å². The maximum absolute atomic E-state index is 13.6. The van der Waals surface area contributed by atoms with Gasteiger partial charge in [0.1, 0.15) is 11.8 Å². The van der Waals surface area contributed by atoms with E-state index in [4.69, 9.17) is 27.9 Å². The fraction of sp³-hybridized carbons (Fsp3) is 0.286. The summed E-state index contributed by atoms with van der Waals surface area (Å²) in [6.45, 7) is 1.42. The van der Waals surface area contributed by atoms with Gasteiger partial charge in [-0.25, -0.2) is 8.42 Å². The minimum absolute atomic E-state index is 0.0252. The SMILES string of the molecule is COc1ccc(CN(C(=O)CN(Cc2ccccc2)S(C)(=O)=O)C(C)C(=O)NCc2ccc(Cl)cc2Cl)cc1. The number of nitrogens with zero attached hydrogens (tertiary/aromatic N) is 2. The van der Waals surface area contributed by atoms with Gasteiger partial charge in [0, 0.05) is 29.7 Å². The van der Waals surface area contributed by atoms with Gasteiger partial charge in [-0.2, -0.15) is 4.31 Å². The molecule has 0 saturated carbocycles. The lowest BCUT2D eigenvalue weighted by Gasteiger charge is -2.31. The summed E-state index contributed by atoms with van der Waals surface area (Å²) in [7, 11) is -2.18. The molecule has 39 heavy (non-hydrogen) atoms. The van der Waals surface area contributed by atoms with Crippen LogP contribution in [0.5, 0.6) is 5.75 Å². The van der Waals surface area contributed by atoms with Crippen molar-refractivity contribution in [2.75, 3.05) is 19.9 Å². The number of benzene rings is 3. The highest BCUT2D eigenvalue weighted by atomic mass is 35.5. The number of hydrogen-bond donors (Lipinski definition) is 1. The summed E-state index contributed by atoms with van der Waals surface area (Å²) in [5, 5.41) is 3.70. The van der Waals surface area contributed by atoms with Crippen LogP contribution in [0.3, 0.4) is 0 Å². The summed E-state index contributed by atoms with van der Waals surface area (Å²) in [6, 6.07) is 20.1. The highest BCUT2D eigenvalue weighted by Crippen LogP contribution is 2.21. The van der Waals surface area contributed by atoms with Crippen molar-refractivity contribution in [2.24, 2.45) is 0 Å². The first-order valence-electron chi connectivity index (χ1n) is 12.1. The molecule has 8 nitrogen and oxygen atoms in total. The lowest BCUT2D eigenvalue weighted by atomic mass is 10.1. The second-order valence-corrected chi connectivity index (χ2v) is 11.8. The topological polar surface area (TPSA) is 96.0 Å². The Morgan fingerprint density at radius 1 is 0.949 bits per heavy atom. The molecule has 208 valence electrons. The van der Waals surface area contributed by atoms with Crippen LogP contribution in [0.15, 0.2) is 72.8 Å². The Kier molecular flexibility index (Phi) is 10.8. The zero-order chi connectivity index (χ0) is 28.6. The number of sulfonamides is 1. The second-order valence-electron chi connectivity index (χ2n) is 9.02. The molecular formula is C28H31Cl2N3O5S. The number of methoxy groups -OCH3 is 1. The summed E-state index contributed by atoms with van der Waals surface area (Å²) in [5.74, 6) is -0.287. The molecule has 0 fully saturated rings. The van der Waals surface area contributed by atoms with Crippen LogP contribution in [0.4, 0.5) is 0 Å². The molecule has 1 unspecified atom stereocenters. The number of nitrogens with one attached hydrogen (secondary N) is 1. The van der Waals surface area contributed by atoms with Crippen molar-refractivity contribution >= 4 is 45.0 Å². The third-order valence-electron chi connectivity index (χ3n) is 6.13. The Balaban J connectivity index is 1.82. The van der Waals surface area contributed by atoms with Crippen molar-refractivity contribution < 1.29 is 22.7 Å². The summed E-state index contributed by atoms with van der Waals surface area (Å²) in [5.41, 5.74) is 2.15. The molecule has 0 aromatic heterocycles. The molecule has 3 rings (SSSR count). The molecule has 0 radical (unpaired) electrons. The smallest absolute Gasteiger partial charge is 0.242 e. The first kappa shape index (κ1) is 30.4. The van der Waals surface area contributed by atoms with Gasteiger partial charge in [-0.3, -0.25) is 9.59 Å². The largest absolute Gasteiger partial charge is 0.497 e. The van der Waals surface area contributed by atoms with Crippen LogP contribution in [0.2, 0.25) is 10.0 Å². The van der Waals surface area contributed by atoms with Crippen LogP contribution in [-0.4, -0.2) is 55.4 Å². The van der Waals surface area contributed by atoms with Crippen molar-refractivity contribution in [1.82, 2.24) is 14.5 Å². The highest BCUT2D eigenvalue weighted by Gasteiger charge is 2.30. The summed E-state index contributed by atoms with van der Waals surface area (Å²) in [6.07, 6.45) is 1.06. The molecule has 3 aromatic rings. The normalized spacial score (nSPS) is 12.2. The van der Waals surface area contributed by atoms with Crippen LogP contribution in [-0.2, 0) is 39.2 Å². The van der Waals surface area contributed by atoms with Crippen LogP contribution in [0.25, 0.3) is 0 Å². The molecule has 2 amide bonds. The van der Waals surface area contributed by atoms with Gasteiger partial charge in [0.25, 0.3) is 0 Å². The molecule has 0 heterocycles. The first-order chi connectivity index (χ1) is 18.5. The molecule has 0 spiro atoms. The van der Waals surface area contributed by atoms with Crippen molar-refractivity contribution in [3.05, 3.63) is 99.5 Å². The molecule has 1 N–H and O–H groups in total. The van der Waals surface area contributed by atoms with Crippen molar-refractivity contribution in [3.8, 4) is 5.75 Å². The number of rotatable bonds is 12. The predicted molar refractivity (Wildman–Crippen MR) is 153 cm³/mol. The number of halogens is 2. The minimum atomic E-state index is -3.73. The van der Waals surface area contributed by atoms with Crippen molar-refractivity contribution in [3.63, 3.8) is 0 Å². The van der Waals surface area contributed by atoms with E-state index in [0.29, 0.717) is 21.4 Å². The fourth-order valence-corrected chi connectivity index (χ4v) is 5.03. The van der Waals surface area contributed by atoms with Crippen LogP contribution < -0.4 is 10.1 Å². The van der Waals surface area contributed by atoms with Crippen LogP contribution in [0.1, 0.15) is 23.6 Å². The van der Waals surface area contributed by atoms with Crippen molar-refractivity contribution in [2.45, 2.75) is 32.6 Å². The third kappa shape index (κ3) is 8.96. The molecule has 0 saturated heterocycles. The predicted octanol–water partition coefficient (Wildman–Crippen LogP) is 4.50. The molecule has 3 aromatic carbocycles. The minimum Gasteiger partial charge on any atom is -0.497 e. The van der Waals surface area contributed by atoms with E-state index in [1.807, 2.05) is 6.07 Å². The molecule has 0 aliphatic rings. The lowest BCUT2D eigenvalue weighted by Crippen LogP contribution is -2.50. The van der Waals surface area contributed by atoms with Crippen LogP contribution in [0, 0.1) is 0 Å². The number of ether oxygens (including phenoxy) is 1. The third-order valence-corrected chi connectivity index (χ3v) is 7.91. The standard InChI is InChI=1S/C28H31Cl2N3O5S/c1-20(28(35)31-16-23-11-12-24(29)15-26(23)30)33(18-22-9-13-25(38-2)14-10-22)27(34)19-32(39(3,36)37)17-21-7-5-4-6-8-21/h4-15,20H,16-19H2,1-3H3,(H,31,35). The van der Waals surface area contributed by atoms with Gasteiger partial charge in [-0.15, -0.1) is 0 Å². The van der Waals surface area contributed by atoms with Crippen LogP contribution >= 0.6 is 23.2 Å². The van der Waals surface area contributed by atoms with E-state index < -0.39 is 34.4 Å². The van der Waals surface area contributed by atoms with Crippen molar-refractivity contribution in [1.29, 1.82) is 0 Å². The Morgan fingerprint density at radius 2 is 1.59 bits per heavy atom. The first-order valence-corrected chi connectivity index (χ1v) is 14.7. The van der Waals surface area contributed by atoms with Gasteiger partial charge in [-0.05, 0) is 47.9 Å². The van der Waals surface area contributed by atoms with Gasteiger partial charge in [0.2, 0.25) is 21.8 Å². The average molecular weight is 593 g/mol. The quantitative estimate of drug-likeness (QED) is 0.334. The zero-order valence-electron chi connectivity index (χ0n) is 21.9. The Labute approximate surface area is 239 Å². The summed E-state index contributed by atoms with van der Waals surface area (Å²) in [4.78, 5) is 28.2. The van der Waals surface area contributed by atoms with E-state index in [-0.39, 0.29) is 19.6 Å². The monoisotopic (exact) mass is 591 g/mol. The number of carbonyl (C=O) groups is 2. The molecule has 0 bridgehead atoms. The summed E-state index contributed by atoms with van der Waals surface area (Å²) < 4.78 is 31.5. The van der Waals surface area contributed by atoms with Gasteiger partial charge >= 0.3 is 0 Å². The van der Waals surface area contributed by atoms with E-state index in [0.717, 1.165) is 21.7 Å². The molecule has 0 aliphatic heterocycles. The molecule has 0 aliphatic carbocycles.